The van der Waals surface area contributed by atoms with Gasteiger partial charge < -0.3 is 15.8 Å². The van der Waals surface area contributed by atoms with Crippen LogP contribution < -0.4 is 15.8 Å². The molecule has 2 heterocycles. The predicted molar refractivity (Wildman–Crippen MR) is 136 cm³/mol. The highest BCUT2D eigenvalue weighted by molar-refractivity contribution is 7.17. The number of amides is 2. The number of aryl methyl sites for hydroxylation is 1. The van der Waals surface area contributed by atoms with Crippen molar-refractivity contribution in [3.05, 3.63) is 76.2 Å². The molecule has 2 amide bonds. The predicted octanol–water partition coefficient (Wildman–Crippen LogP) is 5.59. The first-order valence-electron chi connectivity index (χ1n) is 11.4. The van der Waals surface area contributed by atoms with Crippen LogP contribution in [-0.2, 0) is 12.8 Å². The number of nitrogens with zero attached hydrogens (tertiary/aromatic N) is 1. The van der Waals surface area contributed by atoms with Crippen molar-refractivity contribution in [1.29, 1.82) is 0 Å². The third-order valence-electron chi connectivity index (χ3n) is 6.07. The van der Waals surface area contributed by atoms with E-state index in [2.05, 4.69) is 5.32 Å². The van der Waals surface area contributed by atoms with Crippen LogP contribution >= 0.6 is 11.3 Å². The molecule has 2 aromatic heterocycles. The summed E-state index contributed by atoms with van der Waals surface area (Å²) in [6, 6.07) is 17.0. The maximum Gasteiger partial charge on any atom is 0.257 e. The van der Waals surface area contributed by atoms with Crippen molar-refractivity contribution in [3.63, 3.8) is 0 Å². The molecule has 0 saturated heterocycles. The summed E-state index contributed by atoms with van der Waals surface area (Å²) in [5.41, 5.74) is 9.96. The number of hydrogen-bond donors (Lipinski definition) is 2. The fourth-order valence-electron chi connectivity index (χ4n) is 4.48. The Kier molecular flexibility index (Phi) is 6.02. The molecule has 7 heteroatoms. The monoisotopic (exact) mass is 471 g/mol. The highest BCUT2D eigenvalue weighted by Crippen LogP contribution is 2.38. The van der Waals surface area contributed by atoms with Crippen molar-refractivity contribution in [3.8, 4) is 17.0 Å². The number of carbonyl (C=O) groups is 2. The molecule has 0 bridgehead atoms. The lowest BCUT2D eigenvalue weighted by molar-refractivity contribution is 0.100. The zero-order chi connectivity index (χ0) is 23.7. The lowest BCUT2D eigenvalue weighted by Crippen LogP contribution is -2.19. The minimum Gasteiger partial charge on any atom is -0.494 e. The van der Waals surface area contributed by atoms with Crippen LogP contribution in [0.3, 0.4) is 0 Å². The Labute approximate surface area is 201 Å². The number of fused-ring (bicyclic) bond motifs is 2. The van der Waals surface area contributed by atoms with E-state index in [1.165, 1.54) is 11.3 Å². The van der Waals surface area contributed by atoms with Gasteiger partial charge in [0.2, 0.25) is 0 Å². The molecule has 34 heavy (non-hydrogen) atoms. The zero-order valence-electron chi connectivity index (χ0n) is 18.9. The largest absolute Gasteiger partial charge is 0.494 e. The Hall–Kier alpha value is -3.71. The average molecular weight is 472 g/mol. The number of aromatic nitrogens is 1. The minimum absolute atomic E-state index is 0.285. The first kappa shape index (κ1) is 22.1. The molecule has 4 aromatic rings. The molecule has 3 N–H and O–H groups in total. The van der Waals surface area contributed by atoms with E-state index < -0.39 is 5.91 Å². The molecule has 0 saturated carbocycles. The molecule has 1 aliphatic rings. The molecule has 0 aliphatic heterocycles. The first-order valence-corrected chi connectivity index (χ1v) is 12.3. The fraction of sp³-hybridized carbons (Fsp3) is 0.222. The Bertz CT molecular complexity index is 1390. The topological polar surface area (TPSA) is 94.3 Å². The van der Waals surface area contributed by atoms with Gasteiger partial charge in [0.1, 0.15) is 10.8 Å². The lowest BCUT2D eigenvalue weighted by Gasteiger charge is -2.12. The van der Waals surface area contributed by atoms with Gasteiger partial charge in [0, 0.05) is 15.8 Å². The minimum atomic E-state index is -0.496. The molecule has 0 fully saturated rings. The number of carbonyl (C=O) groups excluding carboxylic acids is 2. The van der Waals surface area contributed by atoms with Crippen molar-refractivity contribution >= 4 is 39.1 Å². The summed E-state index contributed by atoms with van der Waals surface area (Å²) >= 11 is 1.46. The van der Waals surface area contributed by atoms with Gasteiger partial charge in [-0.3, -0.25) is 9.59 Å². The highest BCUT2D eigenvalue weighted by Gasteiger charge is 2.26. The van der Waals surface area contributed by atoms with Gasteiger partial charge in [0.25, 0.3) is 11.8 Å². The molecular formula is C27H25N3O3S. The van der Waals surface area contributed by atoms with Crippen LogP contribution in [-0.4, -0.2) is 23.4 Å². The van der Waals surface area contributed by atoms with Crippen molar-refractivity contribution in [1.82, 2.24) is 4.98 Å². The van der Waals surface area contributed by atoms with E-state index in [4.69, 9.17) is 15.5 Å². The number of thiophene rings is 1. The third-order valence-corrected chi connectivity index (χ3v) is 7.27. The zero-order valence-corrected chi connectivity index (χ0v) is 19.7. The smallest absolute Gasteiger partial charge is 0.257 e. The van der Waals surface area contributed by atoms with Gasteiger partial charge in [0.05, 0.1) is 28.9 Å². The van der Waals surface area contributed by atoms with Gasteiger partial charge in [-0.15, -0.1) is 11.3 Å². The molecule has 6 nitrogen and oxygen atoms in total. The van der Waals surface area contributed by atoms with E-state index in [9.17, 15) is 9.59 Å². The lowest BCUT2D eigenvalue weighted by atomic mass is 9.95. The summed E-state index contributed by atoms with van der Waals surface area (Å²) in [5.74, 6) is 0.00176. The Morgan fingerprint density at radius 2 is 1.85 bits per heavy atom. The van der Waals surface area contributed by atoms with Gasteiger partial charge in [-0.25, -0.2) is 4.98 Å². The van der Waals surface area contributed by atoms with Crippen LogP contribution in [0.5, 0.6) is 5.75 Å². The normalized spacial score (nSPS) is 12.9. The van der Waals surface area contributed by atoms with Crippen molar-refractivity contribution in [2.75, 3.05) is 11.9 Å². The van der Waals surface area contributed by atoms with Crippen molar-refractivity contribution in [2.45, 2.75) is 32.6 Å². The maximum atomic E-state index is 13.5. The van der Waals surface area contributed by atoms with Gasteiger partial charge >= 0.3 is 0 Å². The molecule has 172 valence electrons. The van der Waals surface area contributed by atoms with E-state index in [0.717, 1.165) is 58.3 Å². The summed E-state index contributed by atoms with van der Waals surface area (Å²) in [5, 5.41) is 4.28. The number of nitrogens with two attached hydrogens (primary N) is 1. The summed E-state index contributed by atoms with van der Waals surface area (Å²) < 4.78 is 5.54. The van der Waals surface area contributed by atoms with Crippen LogP contribution in [0.2, 0.25) is 0 Å². The van der Waals surface area contributed by atoms with Crippen molar-refractivity contribution in [2.24, 2.45) is 5.73 Å². The summed E-state index contributed by atoms with van der Waals surface area (Å²) in [4.78, 5) is 31.7. The molecule has 0 spiro atoms. The number of ether oxygens (including phenoxy) is 1. The quantitative estimate of drug-likeness (QED) is 0.383. The van der Waals surface area contributed by atoms with Crippen LogP contribution in [0.1, 0.15) is 50.9 Å². The Balaban J connectivity index is 1.55. The summed E-state index contributed by atoms with van der Waals surface area (Å²) in [7, 11) is 0. The van der Waals surface area contributed by atoms with E-state index in [1.54, 1.807) is 6.07 Å². The van der Waals surface area contributed by atoms with Crippen LogP contribution in [0.15, 0.2) is 54.6 Å². The fourth-order valence-corrected chi connectivity index (χ4v) is 5.77. The van der Waals surface area contributed by atoms with Gasteiger partial charge in [0.15, 0.2) is 0 Å². The van der Waals surface area contributed by atoms with E-state index in [1.807, 2.05) is 55.5 Å². The molecule has 2 aromatic carbocycles. The number of primary amides is 1. The van der Waals surface area contributed by atoms with Crippen LogP contribution in [0.25, 0.3) is 22.2 Å². The number of nitrogens with one attached hydrogen (secondary N) is 1. The Morgan fingerprint density at radius 3 is 2.62 bits per heavy atom. The average Bonchev–Trinajstić information content (AvgIpc) is 3.22. The SMILES string of the molecule is CCOc1ccc(-c2cc(C(=O)Nc3sc4c(c3C(N)=O)CCCC4)c3ccccc3n2)cc1. The molecule has 5 rings (SSSR count). The number of benzene rings is 2. The highest BCUT2D eigenvalue weighted by atomic mass is 32.1. The third kappa shape index (κ3) is 4.15. The number of rotatable bonds is 6. The second-order valence-electron chi connectivity index (χ2n) is 8.26. The molecular weight excluding hydrogens is 446 g/mol. The maximum absolute atomic E-state index is 13.5. The molecule has 0 atom stereocenters. The molecule has 0 radical (unpaired) electrons. The van der Waals surface area contributed by atoms with Gasteiger partial charge in [-0.2, -0.15) is 0 Å². The number of anilines is 1. The van der Waals surface area contributed by atoms with E-state index in [0.29, 0.717) is 28.4 Å². The van der Waals surface area contributed by atoms with E-state index in [-0.39, 0.29) is 5.91 Å². The van der Waals surface area contributed by atoms with Crippen LogP contribution in [0, 0.1) is 0 Å². The number of para-hydroxylation sites is 1. The summed E-state index contributed by atoms with van der Waals surface area (Å²) in [6.07, 6.45) is 3.84. The number of pyridine rings is 1. The molecule has 1 aliphatic carbocycles. The van der Waals surface area contributed by atoms with Gasteiger partial charge in [-0.05, 0) is 74.6 Å². The molecule has 0 unspecified atom stereocenters. The van der Waals surface area contributed by atoms with Crippen LogP contribution in [0.4, 0.5) is 5.00 Å². The van der Waals surface area contributed by atoms with E-state index >= 15 is 0 Å². The van der Waals surface area contributed by atoms with Crippen molar-refractivity contribution < 1.29 is 14.3 Å². The summed E-state index contributed by atoms with van der Waals surface area (Å²) in [6.45, 7) is 2.54. The number of hydrogen-bond acceptors (Lipinski definition) is 5. The standard InChI is InChI=1S/C27H25N3O3S/c1-2-33-17-13-11-16(12-14-17)22-15-20(18-7-3-5-9-21(18)29-22)26(32)30-27-24(25(28)31)19-8-4-6-10-23(19)34-27/h3,5,7,9,11-15H,2,4,6,8,10H2,1H3,(H2,28,31)(H,30,32). The Morgan fingerprint density at radius 1 is 1.09 bits per heavy atom. The first-order chi connectivity index (χ1) is 16.5. The van der Waals surface area contributed by atoms with Gasteiger partial charge in [-0.1, -0.05) is 18.2 Å². The second-order valence-corrected chi connectivity index (χ2v) is 9.37. The second kappa shape index (κ2) is 9.27.